The number of carboxylic acid groups (broad SMARTS) is 1. The minimum atomic E-state index is -1.06. The maximum atomic E-state index is 12.5. The third-order valence-corrected chi connectivity index (χ3v) is 3.74. The standard InChI is InChI=1S/C17H22N4O3/c1-5-20(10-15(22)23)17(24)16-18-12(4)21(19-16)14-9-7-6-8-13(14)11(2)3/h6-9,11H,5,10H2,1-4H3,(H,22,23). The van der Waals surface area contributed by atoms with E-state index in [1.165, 1.54) is 4.90 Å². The minimum Gasteiger partial charge on any atom is -0.480 e. The van der Waals surface area contributed by atoms with E-state index in [0.29, 0.717) is 11.7 Å². The van der Waals surface area contributed by atoms with Crippen LogP contribution in [0.1, 0.15) is 48.7 Å². The Hall–Kier alpha value is -2.70. The fourth-order valence-corrected chi connectivity index (χ4v) is 2.51. The molecule has 0 aliphatic heterocycles. The van der Waals surface area contributed by atoms with Gasteiger partial charge in [0.25, 0.3) is 5.91 Å². The van der Waals surface area contributed by atoms with Crippen molar-refractivity contribution in [2.24, 2.45) is 0 Å². The summed E-state index contributed by atoms with van der Waals surface area (Å²) in [4.78, 5) is 28.8. The number of aromatic nitrogens is 3. The molecule has 0 bridgehead atoms. The lowest BCUT2D eigenvalue weighted by Gasteiger charge is -2.16. The molecule has 7 heteroatoms. The first-order valence-corrected chi connectivity index (χ1v) is 7.89. The fourth-order valence-electron chi connectivity index (χ4n) is 2.51. The molecule has 2 aromatic rings. The van der Waals surface area contributed by atoms with Crippen molar-refractivity contribution in [3.05, 3.63) is 41.5 Å². The lowest BCUT2D eigenvalue weighted by molar-refractivity contribution is -0.137. The van der Waals surface area contributed by atoms with E-state index in [-0.39, 0.29) is 18.9 Å². The average Bonchev–Trinajstić information content (AvgIpc) is 2.93. The number of nitrogens with zero attached hydrogens (tertiary/aromatic N) is 4. The van der Waals surface area contributed by atoms with E-state index in [1.807, 2.05) is 24.3 Å². The van der Waals surface area contributed by atoms with Gasteiger partial charge in [-0.25, -0.2) is 9.67 Å². The van der Waals surface area contributed by atoms with Crippen LogP contribution in [-0.4, -0.2) is 49.7 Å². The number of carboxylic acids is 1. The Bertz CT molecular complexity index is 752. The first-order valence-electron chi connectivity index (χ1n) is 7.89. The van der Waals surface area contributed by atoms with Crippen molar-refractivity contribution in [2.45, 2.75) is 33.6 Å². The van der Waals surface area contributed by atoms with Gasteiger partial charge in [-0.2, -0.15) is 0 Å². The van der Waals surface area contributed by atoms with Crippen molar-refractivity contribution in [1.82, 2.24) is 19.7 Å². The molecule has 0 saturated heterocycles. The molecule has 1 N–H and O–H groups in total. The van der Waals surface area contributed by atoms with Crippen LogP contribution in [0.2, 0.25) is 0 Å². The predicted molar refractivity (Wildman–Crippen MR) is 89.4 cm³/mol. The van der Waals surface area contributed by atoms with Gasteiger partial charge >= 0.3 is 5.97 Å². The molecule has 1 aromatic heterocycles. The number of hydrogen-bond acceptors (Lipinski definition) is 4. The van der Waals surface area contributed by atoms with Gasteiger partial charge in [-0.3, -0.25) is 9.59 Å². The van der Waals surface area contributed by atoms with Gasteiger partial charge in [0.1, 0.15) is 12.4 Å². The van der Waals surface area contributed by atoms with Crippen LogP contribution < -0.4 is 0 Å². The third kappa shape index (κ3) is 3.61. The second-order valence-electron chi connectivity index (χ2n) is 5.82. The largest absolute Gasteiger partial charge is 0.480 e. The number of para-hydroxylation sites is 1. The molecular formula is C17H22N4O3. The van der Waals surface area contributed by atoms with E-state index in [0.717, 1.165) is 11.3 Å². The fraction of sp³-hybridized carbons (Fsp3) is 0.412. The first kappa shape index (κ1) is 17.7. The van der Waals surface area contributed by atoms with E-state index in [2.05, 4.69) is 23.9 Å². The highest BCUT2D eigenvalue weighted by Crippen LogP contribution is 2.23. The van der Waals surface area contributed by atoms with Crippen LogP contribution in [0.15, 0.2) is 24.3 Å². The number of benzene rings is 1. The molecule has 0 aliphatic carbocycles. The molecule has 0 fully saturated rings. The molecule has 0 saturated carbocycles. The normalized spacial score (nSPS) is 10.9. The maximum Gasteiger partial charge on any atom is 0.323 e. The summed E-state index contributed by atoms with van der Waals surface area (Å²) in [5.74, 6) is -0.662. The number of hydrogen-bond donors (Lipinski definition) is 1. The topological polar surface area (TPSA) is 88.3 Å². The lowest BCUT2D eigenvalue weighted by Crippen LogP contribution is -2.36. The Kier molecular flexibility index (Phi) is 5.33. The highest BCUT2D eigenvalue weighted by atomic mass is 16.4. The van der Waals surface area contributed by atoms with E-state index in [9.17, 15) is 9.59 Å². The molecule has 1 amide bonds. The molecule has 2 rings (SSSR count). The van der Waals surface area contributed by atoms with Gasteiger partial charge in [-0.1, -0.05) is 32.0 Å². The Morgan fingerprint density at radius 2 is 1.96 bits per heavy atom. The van der Waals surface area contributed by atoms with Crippen molar-refractivity contribution < 1.29 is 14.7 Å². The van der Waals surface area contributed by atoms with E-state index >= 15 is 0 Å². The summed E-state index contributed by atoms with van der Waals surface area (Å²) < 4.78 is 1.64. The molecule has 0 spiro atoms. The summed E-state index contributed by atoms with van der Waals surface area (Å²) in [7, 11) is 0. The minimum absolute atomic E-state index is 0.00848. The number of rotatable bonds is 6. The molecule has 0 radical (unpaired) electrons. The Morgan fingerprint density at radius 3 is 2.54 bits per heavy atom. The number of aliphatic carboxylic acids is 1. The van der Waals surface area contributed by atoms with Crippen LogP contribution >= 0.6 is 0 Å². The summed E-state index contributed by atoms with van der Waals surface area (Å²) in [6.45, 7) is 7.58. The molecule has 24 heavy (non-hydrogen) atoms. The summed E-state index contributed by atoms with van der Waals surface area (Å²) in [5, 5.41) is 13.2. The van der Waals surface area contributed by atoms with Crippen LogP contribution in [0.25, 0.3) is 5.69 Å². The molecule has 1 heterocycles. The van der Waals surface area contributed by atoms with Crippen molar-refractivity contribution >= 4 is 11.9 Å². The van der Waals surface area contributed by atoms with Crippen molar-refractivity contribution in [1.29, 1.82) is 0 Å². The summed E-state index contributed by atoms with van der Waals surface area (Å²) >= 11 is 0. The van der Waals surface area contributed by atoms with Crippen molar-refractivity contribution in [3.8, 4) is 5.69 Å². The first-order chi connectivity index (χ1) is 11.3. The summed E-state index contributed by atoms with van der Waals surface area (Å²) in [6, 6.07) is 7.82. The molecule has 7 nitrogen and oxygen atoms in total. The van der Waals surface area contributed by atoms with Crippen LogP contribution in [-0.2, 0) is 4.79 Å². The molecule has 1 aromatic carbocycles. The predicted octanol–water partition coefficient (Wildman–Crippen LogP) is 2.25. The molecule has 128 valence electrons. The van der Waals surface area contributed by atoms with Crippen molar-refractivity contribution in [3.63, 3.8) is 0 Å². The Balaban J connectivity index is 2.41. The van der Waals surface area contributed by atoms with Crippen molar-refractivity contribution in [2.75, 3.05) is 13.1 Å². The maximum absolute atomic E-state index is 12.5. The van der Waals surface area contributed by atoms with Gasteiger partial charge in [0, 0.05) is 6.54 Å². The highest BCUT2D eigenvalue weighted by Gasteiger charge is 2.23. The average molecular weight is 330 g/mol. The van der Waals surface area contributed by atoms with Crippen LogP contribution in [0, 0.1) is 6.92 Å². The summed E-state index contributed by atoms with van der Waals surface area (Å²) in [6.07, 6.45) is 0. The zero-order valence-electron chi connectivity index (χ0n) is 14.4. The van der Waals surface area contributed by atoms with Crippen LogP contribution in [0.3, 0.4) is 0 Å². The number of carbonyl (C=O) groups is 2. The molecule has 0 aliphatic rings. The highest BCUT2D eigenvalue weighted by molar-refractivity contribution is 5.92. The number of amides is 1. The zero-order chi connectivity index (χ0) is 17.9. The quantitative estimate of drug-likeness (QED) is 0.877. The lowest BCUT2D eigenvalue weighted by atomic mass is 10.0. The zero-order valence-corrected chi connectivity index (χ0v) is 14.4. The van der Waals surface area contributed by atoms with Gasteiger partial charge in [-0.15, -0.1) is 5.10 Å². The number of aryl methyl sites for hydroxylation is 1. The van der Waals surface area contributed by atoms with Crippen LogP contribution in [0.4, 0.5) is 0 Å². The number of carbonyl (C=O) groups excluding carboxylic acids is 1. The van der Waals surface area contributed by atoms with Crippen LogP contribution in [0.5, 0.6) is 0 Å². The number of likely N-dealkylation sites (N-methyl/N-ethyl adjacent to an activating group) is 1. The SMILES string of the molecule is CCN(CC(=O)O)C(=O)c1nc(C)n(-c2ccccc2C(C)C)n1. The van der Waals surface area contributed by atoms with E-state index in [4.69, 9.17) is 5.11 Å². The van der Waals surface area contributed by atoms with E-state index < -0.39 is 11.9 Å². The Morgan fingerprint density at radius 1 is 1.29 bits per heavy atom. The van der Waals surface area contributed by atoms with Gasteiger partial charge < -0.3 is 10.0 Å². The summed E-state index contributed by atoms with van der Waals surface area (Å²) in [5.41, 5.74) is 1.97. The Labute approximate surface area is 140 Å². The monoisotopic (exact) mass is 330 g/mol. The van der Waals surface area contributed by atoms with Gasteiger partial charge in [0.15, 0.2) is 0 Å². The third-order valence-electron chi connectivity index (χ3n) is 3.74. The van der Waals surface area contributed by atoms with Gasteiger partial charge in [0.2, 0.25) is 5.82 Å². The molecular weight excluding hydrogens is 308 g/mol. The second kappa shape index (κ2) is 7.25. The molecule has 0 unspecified atom stereocenters. The van der Waals surface area contributed by atoms with E-state index in [1.54, 1.807) is 18.5 Å². The van der Waals surface area contributed by atoms with Gasteiger partial charge in [-0.05, 0) is 31.4 Å². The second-order valence-corrected chi connectivity index (χ2v) is 5.82. The van der Waals surface area contributed by atoms with Gasteiger partial charge in [0.05, 0.1) is 5.69 Å². The smallest absolute Gasteiger partial charge is 0.323 e. The molecule has 0 atom stereocenters.